The van der Waals surface area contributed by atoms with Crippen molar-refractivity contribution in [1.29, 1.82) is 0 Å². The number of likely N-dealkylation sites (N-methyl/N-ethyl adjacent to an activating group) is 1. The van der Waals surface area contributed by atoms with Gasteiger partial charge in [-0.15, -0.1) is 0 Å². The molecule has 1 aromatic carbocycles. The molecule has 0 atom stereocenters. The number of hydrogen-bond donors (Lipinski definition) is 2. The molecule has 21 heavy (non-hydrogen) atoms. The number of piperazine rings is 1. The number of nitrogens with zero attached hydrogens (tertiary/aromatic N) is 2. The van der Waals surface area contributed by atoms with Gasteiger partial charge in [0.1, 0.15) is 5.82 Å². The van der Waals surface area contributed by atoms with E-state index in [0.29, 0.717) is 12.2 Å². The van der Waals surface area contributed by atoms with Crippen LogP contribution in [0.2, 0.25) is 0 Å². The fraction of sp³-hybridized carbons (Fsp3) is 0.625. The molecule has 0 saturated carbocycles. The number of rotatable bonds is 7. The number of anilines is 1. The summed E-state index contributed by atoms with van der Waals surface area (Å²) in [5.74, 6) is -0.140. The van der Waals surface area contributed by atoms with Gasteiger partial charge in [0.15, 0.2) is 0 Å². The number of benzene rings is 1. The van der Waals surface area contributed by atoms with Crippen LogP contribution in [0.1, 0.15) is 18.9 Å². The molecule has 2 N–H and O–H groups in total. The summed E-state index contributed by atoms with van der Waals surface area (Å²) >= 11 is 0. The van der Waals surface area contributed by atoms with Gasteiger partial charge in [0, 0.05) is 39.3 Å². The summed E-state index contributed by atoms with van der Waals surface area (Å²) in [6.45, 7) is 8.66. The first-order chi connectivity index (χ1) is 10.2. The summed E-state index contributed by atoms with van der Waals surface area (Å²) < 4.78 is 14.1. The maximum atomic E-state index is 14.1. The fourth-order valence-electron chi connectivity index (χ4n) is 2.65. The lowest BCUT2D eigenvalue weighted by molar-refractivity contribution is 0.270. The first-order valence-electron chi connectivity index (χ1n) is 7.82. The van der Waals surface area contributed by atoms with Gasteiger partial charge in [0.25, 0.3) is 0 Å². The van der Waals surface area contributed by atoms with Crippen molar-refractivity contribution in [3.8, 4) is 0 Å². The van der Waals surface area contributed by atoms with E-state index in [0.717, 1.165) is 51.3 Å². The molecule has 1 fully saturated rings. The van der Waals surface area contributed by atoms with Crippen LogP contribution in [0.4, 0.5) is 10.1 Å². The Morgan fingerprint density at radius 1 is 1.24 bits per heavy atom. The van der Waals surface area contributed by atoms with E-state index in [9.17, 15) is 4.39 Å². The molecule has 0 spiro atoms. The van der Waals surface area contributed by atoms with Crippen LogP contribution in [0.5, 0.6) is 0 Å². The van der Waals surface area contributed by atoms with Crippen LogP contribution >= 0.6 is 0 Å². The van der Waals surface area contributed by atoms with E-state index in [1.807, 2.05) is 12.1 Å². The minimum atomic E-state index is -0.140. The van der Waals surface area contributed by atoms with E-state index >= 15 is 0 Å². The minimum absolute atomic E-state index is 0.140. The Morgan fingerprint density at radius 2 is 2.00 bits per heavy atom. The summed E-state index contributed by atoms with van der Waals surface area (Å²) in [4.78, 5) is 4.52. The second-order valence-electron chi connectivity index (χ2n) is 5.46. The molecule has 118 valence electrons. The Labute approximate surface area is 126 Å². The zero-order chi connectivity index (χ0) is 15.1. The Balaban J connectivity index is 1.95. The van der Waals surface area contributed by atoms with Crippen molar-refractivity contribution in [1.82, 2.24) is 10.2 Å². The molecule has 0 amide bonds. The quantitative estimate of drug-likeness (QED) is 0.747. The number of halogens is 1. The van der Waals surface area contributed by atoms with Gasteiger partial charge in [-0.1, -0.05) is 13.0 Å². The van der Waals surface area contributed by atoms with E-state index in [2.05, 4.69) is 22.0 Å². The van der Waals surface area contributed by atoms with Crippen LogP contribution in [-0.4, -0.2) is 55.9 Å². The third-order valence-electron chi connectivity index (χ3n) is 4.01. The normalized spacial score (nSPS) is 16.4. The van der Waals surface area contributed by atoms with Crippen molar-refractivity contribution in [3.63, 3.8) is 0 Å². The minimum Gasteiger partial charge on any atom is -0.396 e. The summed E-state index contributed by atoms with van der Waals surface area (Å²) in [5, 5.41) is 12.0. The van der Waals surface area contributed by atoms with Crippen molar-refractivity contribution < 1.29 is 9.50 Å². The first kappa shape index (κ1) is 16.2. The zero-order valence-electron chi connectivity index (χ0n) is 12.8. The molecule has 2 rings (SSSR count). The molecule has 0 radical (unpaired) electrons. The van der Waals surface area contributed by atoms with E-state index in [1.165, 1.54) is 0 Å². The van der Waals surface area contributed by atoms with Crippen LogP contribution in [0, 0.1) is 5.82 Å². The Kier molecular flexibility index (Phi) is 6.42. The van der Waals surface area contributed by atoms with Crippen molar-refractivity contribution in [2.75, 3.05) is 50.8 Å². The molecule has 5 heteroatoms. The predicted molar refractivity (Wildman–Crippen MR) is 84.1 cm³/mol. The summed E-state index contributed by atoms with van der Waals surface area (Å²) in [6, 6.07) is 5.33. The van der Waals surface area contributed by atoms with Crippen LogP contribution in [0.3, 0.4) is 0 Å². The SMILES string of the molecule is CCN1CCN(c2cc(CNCCCO)ccc2F)CC1. The number of hydrogen-bond acceptors (Lipinski definition) is 4. The molecule has 0 bridgehead atoms. The molecular formula is C16H26FN3O. The smallest absolute Gasteiger partial charge is 0.146 e. The molecule has 0 aliphatic carbocycles. The van der Waals surface area contributed by atoms with Gasteiger partial charge in [-0.05, 0) is 37.2 Å². The molecule has 1 aliphatic rings. The van der Waals surface area contributed by atoms with E-state index in [4.69, 9.17) is 5.11 Å². The summed E-state index contributed by atoms with van der Waals surface area (Å²) in [5.41, 5.74) is 1.80. The zero-order valence-corrected chi connectivity index (χ0v) is 12.8. The molecule has 1 heterocycles. The third kappa shape index (κ3) is 4.66. The fourth-order valence-corrected chi connectivity index (χ4v) is 2.65. The van der Waals surface area contributed by atoms with Gasteiger partial charge >= 0.3 is 0 Å². The van der Waals surface area contributed by atoms with Gasteiger partial charge in [0.05, 0.1) is 5.69 Å². The second-order valence-corrected chi connectivity index (χ2v) is 5.46. The van der Waals surface area contributed by atoms with Crippen molar-refractivity contribution in [2.45, 2.75) is 19.9 Å². The van der Waals surface area contributed by atoms with Crippen molar-refractivity contribution >= 4 is 5.69 Å². The molecule has 1 saturated heterocycles. The first-order valence-corrected chi connectivity index (χ1v) is 7.82. The lowest BCUT2D eigenvalue weighted by atomic mass is 10.1. The molecule has 1 aliphatic heterocycles. The molecule has 1 aromatic rings. The largest absolute Gasteiger partial charge is 0.396 e. The standard InChI is InChI=1S/C16H26FN3O/c1-2-19-7-9-20(10-8-19)16-12-14(4-5-15(16)17)13-18-6-3-11-21/h4-5,12,18,21H,2-3,6-11,13H2,1H3. The van der Waals surface area contributed by atoms with Crippen LogP contribution in [0.15, 0.2) is 18.2 Å². The topological polar surface area (TPSA) is 38.7 Å². The lowest BCUT2D eigenvalue weighted by Gasteiger charge is -2.35. The summed E-state index contributed by atoms with van der Waals surface area (Å²) in [6.07, 6.45) is 0.743. The summed E-state index contributed by atoms with van der Waals surface area (Å²) in [7, 11) is 0. The van der Waals surface area contributed by atoms with E-state index < -0.39 is 0 Å². The maximum absolute atomic E-state index is 14.1. The average Bonchev–Trinajstić information content (AvgIpc) is 2.53. The monoisotopic (exact) mass is 295 g/mol. The highest BCUT2D eigenvalue weighted by molar-refractivity contribution is 5.50. The van der Waals surface area contributed by atoms with Gasteiger partial charge in [0.2, 0.25) is 0 Å². The Bertz CT molecular complexity index is 434. The molecule has 4 nitrogen and oxygen atoms in total. The van der Waals surface area contributed by atoms with Crippen LogP contribution in [0.25, 0.3) is 0 Å². The maximum Gasteiger partial charge on any atom is 0.146 e. The van der Waals surface area contributed by atoms with Gasteiger partial charge in [-0.25, -0.2) is 4.39 Å². The van der Waals surface area contributed by atoms with E-state index in [-0.39, 0.29) is 12.4 Å². The van der Waals surface area contributed by atoms with Crippen molar-refractivity contribution in [3.05, 3.63) is 29.6 Å². The van der Waals surface area contributed by atoms with Gasteiger partial charge < -0.3 is 20.2 Å². The molecule has 0 unspecified atom stereocenters. The highest BCUT2D eigenvalue weighted by Crippen LogP contribution is 2.22. The average molecular weight is 295 g/mol. The van der Waals surface area contributed by atoms with Gasteiger partial charge in [-0.3, -0.25) is 0 Å². The van der Waals surface area contributed by atoms with Crippen molar-refractivity contribution in [2.24, 2.45) is 0 Å². The number of aliphatic hydroxyl groups is 1. The third-order valence-corrected chi connectivity index (χ3v) is 4.01. The Morgan fingerprint density at radius 3 is 2.67 bits per heavy atom. The highest BCUT2D eigenvalue weighted by atomic mass is 19.1. The predicted octanol–water partition coefficient (Wildman–Crippen LogP) is 1.44. The number of aliphatic hydroxyl groups excluding tert-OH is 1. The molecular weight excluding hydrogens is 269 g/mol. The second kappa shape index (κ2) is 8.32. The number of nitrogens with one attached hydrogen (secondary N) is 1. The lowest BCUT2D eigenvalue weighted by Crippen LogP contribution is -2.46. The van der Waals surface area contributed by atoms with Crippen LogP contribution in [-0.2, 0) is 6.54 Å². The van der Waals surface area contributed by atoms with Crippen LogP contribution < -0.4 is 10.2 Å². The Hall–Kier alpha value is -1.17. The van der Waals surface area contributed by atoms with Gasteiger partial charge in [-0.2, -0.15) is 0 Å². The molecule has 0 aromatic heterocycles. The van der Waals surface area contributed by atoms with E-state index in [1.54, 1.807) is 6.07 Å². The highest BCUT2D eigenvalue weighted by Gasteiger charge is 2.18.